The van der Waals surface area contributed by atoms with Crippen molar-refractivity contribution in [3.8, 4) is 0 Å². The van der Waals surface area contributed by atoms with Crippen molar-refractivity contribution in [3.05, 3.63) is 41.5 Å². The number of amides is 1. The van der Waals surface area contributed by atoms with E-state index < -0.39 is 0 Å². The van der Waals surface area contributed by atoms with Gasteiger partial charge in [0.25, 0.3) is 5.91 Å². The number of rotatable bonds is 8. The average Bonchev–Trinajstić information content (AvgIpc) is 2.95. The molecule has 22 heavy (non-hydrogen) atoms. The average molecular weight is 320 g/mol. The monoisotopic (exact) mass is 320 g/mol. The van der Waals surface area contributed by atoms with Crippen LogP contribution in [0.25, 0.3) is 0 Å². The van der Waals surface area contributed by atoms with E-state index >= 15 is 0 Å². The van der Waals surface area contributed by atoms with Crippen molar-refractivity contribution in [3.63, 3.8) is 0 Å². The van der Waals surface area contributed by atoms with E-state index in [1.165, 1.54) is 11.8 Å². The van der Waals surface area contributed by atoms with Crippen LogP contribution in [0.4, 0.5) is 0 Å². The molecule has 0 saturated carbocycles. The lowest BCUT2D eigenvalue weighted by atomic mass is 10.2. The number of hydrogen-bond acceptors (Lipinski definition) is 6. The van der Waals surface area contributed by atoms with Crippen LogP contribution < -0.4 is 10.6 Å². The smallest absolute Gasteiger partial charge is 0.252 e. The summed E-state index contributed by atoms with van der Waals surface area (Å²) in [4.78, 5) is 17.3. The number of carbonyl (C=O) groups is 1. The second-order valence-corrected chi connectivity index (χ2v) is 5.75. The second kappa shape index (κ2) is 8.55. The van der Waals surface area contributed by atoms with Crippen molar-refractivity contribution < 1.29 is 9.32 Å². The van der Waals surface area contributed by atoms with Crippen molar-refractivity contribution in [1.82, 2.24) is 20.8 Å². The fraction of sp³-hybridized carbons (Fsp3) is 0.400. The standard InChI is InChI=1S/C15H20N4O2S/c1-11-18-14(21-19-11)10-22-13-7-4-3-6-12(13)15(20)17-9-5-8-16-2/h3-4,6-7,16H,5,8-10H2,1-2H3,(H,17,20). The minimum absolute atomic E-state index is 0.0547. The van der Waals surface area contributed by atoms with Crippen molar-refractivity contribution >= 4 is 17.7 Å². The van der Waals surface area contributed by atoms with E-state index in [2.05, 4.69) is 20.8 Å². The summed E-state index contributed by atoms with van der Waals surface area (Å²) < 4.78 is 5.09. The lowest BCUT2D eigenvalue weighted by Gasteiger charge is -2.09. The van der Waals surface area contributed by atoms with Gasteiger partial charge in [0.05, 0.1) is 11.3 Å². The number of nitrogens with zero attached hydrogens (tertiary/aromatic N) is 2. The third-order valence-corrected chi connectivity index (χ3v) is 4.00. The number of hydrogen-bond donors (Lipinski definition) is 2. The Morgan fingerprint density at radius 3 is 2.86 bits per heavy atom. The van der Waals surface area contributed by atoms with Crippen LogP contribution in [0.5, 0.6) is 0 Å². The fourth-order valence-electron chi connectivity index (χ4n) is 1.88. The van der Waals surface area contributed by atoms with Crippen LogP contribution in [0.1, 0.15) is 28.5 Å². The van der Waals surface area contributed by atoms with Crippen LogP contribution in [0.2, 0.25) is 0 Å². The molecule has 0 fully saturated rings. The molecular formula is C15H20N4O2S. The van der Waals surface area contributed by atoms with Gasteiger partial charge in [0, 0.05) is 11.4 Å². The zero-order chi connectivity index (χ0) is 15.8. The molecule has 0 unspecified atom stereocenters. The molecule has 1 aromatic heterocycles. The van der Waals surface area contributed by atoms with Gasteiger partial charge in [0.15, 0.2) is 5.82 Å². The number of thioether (sulfide) groups is 1. The molecule has 1 heterocycles. The highest BCUT2D eigenvalue weighted by atomic mass is 32.2. The summed E-state index contributed by atoms with van der Waals surface area (Å²) in [5, 5.41) is 9.75. The summed E-state index contributed by atoms with van der Waals surface area (Å²) in [7, 11) is 1.90. The van der Waals surface area contributed by atoms with Gasteiger partial charge in [-0.2, -0.15) is 4.98 Å². The Morgan fingerprint density at radius 1 is 1.32 bits per heavy atom. The molecule has 2 N–H and O–H groups in total. The fourth-order valence-corrected chi connectivity index (χ4v) is 2.77. The summed E-state index contributed by atoms with van der Waals surface area (Å²) in [6.07, 6.45) is 0.902. The molecule has 2 aromatic rings. The number of aromatic nitrogens is 2. The highest BCUT2D eigenvalue weighted by molar-refractivity contribution is 7.98. The van der Waals surface area contributed by atoms with Crippen LogP contribution in [-0.2, 0) is 5.75 Å². The SMILES string of the molecule is CNCCCNC(=O)c1ccccc1SCc1nc(C)no1. The molecule has 0 aliphatic heterocycles. The zero-order valence-electron chi connectivity index (χ0n) is 12.8. The normalized spacial score (nSPS) is 10.6. The van der Waals surface area contributed by atoms with E-state index in [0.29, 0.717) is 29.6 Å². The molecule has 118 valence electrons. The van der Waals surface area contributed by atoms with Crippen molar-refractivity contribution in [2.24, 2.45) is 0 Å². The van der Waals surface area contributed by atoms with Gasteiger partial charge >= 0.3 is 0 Å². The summed E-state index contributed by atoms with van der Waals surface area (Å²) >= 11 is 1.52. The highest BCUT2D eigenvalue weighted by Gasteiger charge is 2.12. The predicted molar refractivity (Wildman–Crippen MR) is 85.9 cm³/mol. The lowest BCUT2D eigenvalue weighted by Crippen LogP contribution is -2.27. The summed E-state index contributed by atoms with van der Waals surface area (Å²) in [6, 6.07) is 7.54. The maximum absolute atomic E-state index is 12.2. The van der Waals surface area contributed by atoms with Gasteiger partial charge < -0.3 is 15.2 Å². The molecule has 0 atom stereocenters. The summed E-state index contributed by atoms with van der Waals surface area (Å²) in [5.74, 6) is 1.67. The van der Waals surface area contributed by atoms with Gasteiger partial charge in [-0.05, 0) is 39.1 Å². The van der Waals surface area contributed by atoms with Crippen LogP contribution in [0.15, 0.2) is 33.7 Å². The van der Waals surface area contributed by atoms with Crippen LogP contribution in [0, 0.1) is 6.92 Å². The van der Waals surface area contributed by atoms with E-state index in [1.54, 1.807) is 6.92 Å². The minimum Gasteiger partial charge on any atom is -0.352 e. The first-order valence-corrected chi connectivity index (χ1v) is 8.13. The Morgan fingerprint density at radius 2 is 2.14 bits per heavy atom. The molecule has 0 spiro atoms. The van der Waals surface area contributed by atoms with Gasteiger partial charge in [-0.1, -0.05) is 17.3 Å². The first-order chi connectivity index (χ1) is 10.7. The van der Waals surface area contributed by atoms with E-state index in [9.17, 15) is 4.79 Å². The van der Waals surface area contributed by atoms with Gasteiger partial charge in [-0.25, -0.2) is 0 Å². The maximum Gasteiger partial charge on any atom is 0.252 e. The Bertz CT molecular complexity index is 615. The van der Waals surface area contributed by atoms with Crippen LogP contribution >= 0.6 is 11.8 Å². The molecule has 6 nitrogen and oxygen atoms in total. The third kappa shape index (κ3) is 4.85. The molecule has 1 amide bonds. The molecular weight excluding hydrogens is 300 g/mol. The van der Waals surface area contributed by atoms with Crippen LogP contribution in [0.3, 0.4) is 0 Å². The number of carbonyl (C=O) groups excluding carboxylic acids is 1. The van der Waals surface area contributed by atoms with Crippen molar-refractivity contribution in [1.29, 1.82) is 0 Å². The van der Waals surface area contributed by atoms with E-state index in [1.807, 2.05) is 31.3 Å². The third-order valence-electron chi connectivity index (χ3n) is 2.94. The second-order valence-electron chi connectivity index (χ2n) is 4.73. The largest absolute Gasteiger partial charge is 0.352 e. The van der Waals surface area contributed by atoms with Gasteiger partial charge in [-0.3, -0.25) is 4.79 Å². The Balaban J connectivity index is 1.95. The molecule has 2 rings (SSSR count). The zero-order valence-corrected chi connectivity index (χ0v) is 13.6. The summed E-state index contributed by atoms with van der Waals surface area (Å²) in [6.45, 7) is 3.32. The topological polar surface area (TPSA) is 80.0 Å². The van der Waals surface area contributed by atoms with Crippen LogP contribution in [-0.4, -0.2) is 36.2 Å². The van der Waals surface area contributed by atoms with E-state index in [4.69, 9.17) is 4.52 Å². The van der Waals surface area contributed by atoms with Gasteiger partial charge in [0.2, 0.25) is 5.89 Å². The van der Waals surface area contributed by atoms with E-state index in [-0.39, 0.29) is 5.91 Å². The number of aryl methyl sites for hydroxylation is 1. The number of nitrogens with one attached hydrogen (secondary N) is 2. The highest BCUT2D eigenvalue weighted by Crippen LogP contribution is 2.25. The quantitative estimate of drug-likeness (QED) is 0.572. The molecule has 7 heteroatoms. The Hall–Kier alpha value is -1.86. The molecule has 0 aliphatic carbocycles. The predicted octanol–water partition coefficient (Wildman–Crippen LogP) is 2.01. The lowest BCUT2D eigenvalue weighted by molar-refractivity contribution is 0.0950. The van der Waals surface area contributed by atoms with Crippen molar-refractivity contribution in [2.45, 2.75) is 24.0 Å². The Labute approximate surface area is 134 Å². The van der Waals surface area contributed by atoms with Gasteiger partial charge in [-0.15, -0.1) is 11.8 Å². The van der Waals surface area contributed by atoms with Crippen molar-refractivity contribution in [2.75, 3.05) is 20.1 Å². The molecule has 1 aromatic carbocycles. The molecule has 0 bridgehead atoms. The number of benzene rings is 1. The first kappa shape index (κ1) is 16.5. The van der Waals surface area contributed by atoms with Gasteiger partial charge in [0.1, 0.15) is 0 Å². The molecule has 0 aliphatic rings. The first-order valence-electron chi connectivity index (χ1n) is 7.14. The molecule has 0 saturated heterocycles. The summed E-state index contributed by atoms with van der Waals surface area (Å²) in [5.41, 5.74) is 0.674. The minimum atomic E-state index is -0.0547. The Kier molecular flexibility index (Phi) is 6.42. The maximum atomic E-state index is 12.2. The van der Waals surface area contributed by atoms with E-state index in [0.717, 1.165) is 17.9 Å². The molecule has 0 radical (unpaired) electrons.